The van der Waals surface area contributed by atoms with Crippen LogP contribution in [0.1, 0.15) is 30.4 Å². The van der Waals surface area contributed by atoms with Crippen LogP contribution in [0.3, 0.4) is 0 Å². The molecular weight excluding hydrogens is 310 g/mol. The van der Waals surface area contributed by atoms with Crippen LogP contribution >= 0.6 is 0 Å². The predicted octanol–water partition coefficient (Wildman–Crippen LogP) is 3.04. The number of aromatic nitrogens is 2. The van der Waals surface area contributed by atoms with Gasteiger partial charge >= 0.3 is 0 Å². The van der Waals surface area contributed by atoms with Crippen LogP contribution in [-0.4, -0.2) is 29.6 Å². The molecule has 25 heavy (non-hydrogen) atoms. The van der Waals surface area contributed by atoms with Crippen LogP contribution < -0.4 is 16.0 Å². The summed E-state index contributed by atoms with van der Waals surface area (Å²) in [7, 11) is 0. The third-order valence-corrected chi connectivity index (χ3v) is 4.63. The molecule has 1 fully saturated rings. The topological polar surface area (TPSA) is 61.9 Å². The summed E-state index contributed by atoms with van der Waals surface area (Å²) in [6.45, 7) is 4.93. The van der Waals surface area contributed by atoms with Crippen molar-refractivity contribution in [2.45, 2.75) is 19.0 Å². The van der Waals surface area contributed by atoms with Crippen molar-refractivity contribution in [3.05, 3.63) is 66.0 Å². The first-order chi connectivity index (χ1) is 12.3. The van der Waals surface area contributed by atoms with Crippen LogP contribution in [0.2, 0.25) is 0 Å². The summed E-state index contributed by atoms with van der Waals surface area (Å²) < 4.78 is 0. The van der Waals surface area contributed by atoms with Crippen molar-refractivity contribution < 1.29 is 0 Å². The zero-order valence-electron chi connectivity index (χ0n) is 14.4. The number of hydrogen-bond donors (Lipinski definition) is 3. The average molecular weight is 333 g/mol. The monoisotopic (exact) mass is 333 g/mol. The molecule has 1 aliphatic heterocycles. The van der Waals surface area contributed by atoms with Gasteiger partial charge in [0.2, 0.25) is 0 Å². The zero-order chi connectivity index (χ0) is 17.1. The summed E-state index contributed by atoms with van der Waals surface area (Å²) in [5.74, 6) is 1.73. The van der Waals surface area contributed by atoms with E-state index in [-0.39, 0.29) is 12.1 Å². The SMILES string of the molecule is CC(Nc1nc(C2CNCCN2)nc2ccccc12)c1ccccc1. The number of fused-ring (bicyclic) bond motifs is 1. The first kappa shape index (κ1) is 16.0. The van der Waals surface area contributed by atoms with Crippen molar-refractivity contribution in [1.82, 2.24) is 20.6 Å². The molecule has 5 nitrogen and oxygen atoms in total. The van der Waals surface area contributed by atoms with E-state index in [2.05, 4.69) is 59.3 Å². The molecule has 0 bridgehead atoms. The van der Waals surface area contributed by atoms with Crippen LogP contribution in [-0.2, 0) is 0 Å². The lowest BCUT2D eigenvalue weighted by Gasteiger charge is -2.24. The van der Waals surface area contributed by atoms with E-state index in [0.29, 0.717) is 0 Å². The highest BCUT2D eigenvalue weighted by molar-refractivity contribution is 5.89. The number of nitrogens with one attached hydrogen (secondary N) is 3. The van der Waals surface area contributed by atoms with E-state index < -0.39 is 0 Å². The van der Waals surface area contributed by atoms with Gasteiger partial charge in [-0.3, -0.25) is 0 Å². The molecular formula is C20H23N5. The van der Waals surface area contributed by atoms with Crippen LogP contribution in [0.4, 0.5) is 5.82 Å². The van der Waals surface area contributed by atoms with E-state index in [1.165, 1.54) is 5.56 Å². The fourth-order valence-corrected chi connectivity index (χ4v) is 3.23. The van der Waals surface area contributed by atoms with E-state index in [1.54, 1.807) is 0 Å². The third-order valence-electron chi connectivity index (χ3n) is 4.63. The molecule has 0 spiro atoms. The van der Waals surface area contributed by atoms with Crippen molar-refractivity contribution in [3.8, 4) is 0 Å². The Morgan fingerprint density at radius 3 is 2.60 bits per heavy atom. The molecule has 5 heteroatoms. The van der Waals surface area contributed by atoms with Gasteiger partial charge in [0.15, 0.2) is 0 Å². The van der Waals surface area contributed by atoms with Crippen molar-refractivity contribution in [2.24, 2.45) is 0 Å². The van der Waals surface area contributed by atoms with Crippen molar-refractivity contribution in [1.29, 1.82) is 0 Å². The minimum Gasteiger partial charge on any atom is -0.363 e. The molecule has 2 atom stereocenters. The molecule has 0 saturated carbocycles. The molecule has 2 heterocycles. The van der Waals surface area contributed by atoms with E-state index in [0.717, 1.165) is 42.2 Å². The Morgan fingerprint density at radius 1 is 1.00 bits per heavy atom. The molecule has 1 aromatic heterocycles. The van der Waals surface area contributed by atoms with E-state index >= 15 is 0 Å². The van der Waals surface area contributed by atoms with Gasteiger partial charge < -0.3 is 16.0 Å². The summed E-state index contributed by atoms with van der Waals surface area (Å²) in [6.07, 6.45) is 0. The van der Waals surface area contributed by atoms with Crippen molar-refractivity contribution >= 4 is 16.7 Å². The quantitative estimate of drug-likeness (QED) is 0.685. The van der Waals surface area contributed by atoms with E-state index in [9.17, 15) is 0 Å². The lowest BCUT2D eigenvalue weighted by Crippen LogP contribution is -2.43. The van der Waals surface area contributed by atoms with Gasteiger partial charge in [0.1, 0.15) is 11.6 Å². The van der Waals surface area contributed by atoms with Gasteiger partial charge in [0.05, 0.1) is 11.6 Å². The number of nitrogens with zero attached hydrogens (tertiary/aromatic N) is 2. The normalized spacial score (nSPS) is 18.8. The zero-order valence-corrected chi connectivity index (χ0v) is 14.4. The second-order valence-corrected chi connectivity index (χ2v) is 6.44. The Bertz CT molecular complexity index is 843. The highest BCUT2D eigenvalue weighted by atomic mass is 15.1. The molecule has 1 saturated heterocycles. The number of rotatable bonds is 4. The first-order valence-corrected chi connectivity index (χ1v) is 8.83. The van der Waals surface area contributed by atoms with Gasteiger partial charge in [-0.2, -0.15) is 0 Å². The van der Waals surface area contributed by atoms with Gasteiger partial charge in [-0.1, -0.05) is 42.5 Å². The van der Waals surface area contributed by atoms with Crippen LogP contribution in [0.15, 0.2) is 54.6 Å². The summed E-state index contributed by atoms with van der Waals surface area (Å²) in [6, 6.07) is 18.9. The lowest BCUT2D eigenvalue weighted by atomic mass is 10.1. The molecule has 2 aromatic carbocycles. The fourth-order valence-electron chi connectivity index (χ4n) is 3.23. The first-order valence-electron chi connectivity index (χ1n) is 8.83. The minimum absolute atomic E-state index is 0.144. The fraction of sp³-hybridized carbons (Fsp3) is 0.300. The standard InChI is InChI=1S/C20H23N5/c1-14(15-7-3-2-4-8-15)23-19-16-9-5-6-10-17(16)24-20(25-19)18-13-21-11-12-22-18/h2-10,14,18,21-22H,11-13H2,1H3,(H,23,24,25). The van der Waals surface area contributed by atoms with Gasteiger partial charge in [0.25, 0.3) is 0 Å². The Balaban J connectivity index is 1.70. The third kappa shape index (κ3) is 3.48. The van der Waals surface area contributed by atoms with Crippen LogP contribution in [0.5, 0.6) is 0 Å². The Kier molecular flexibility index (Phi) is 4.59. The minimum atomic E-state index is 0.144. The number of piperazine rings is 1. The van der Waals surface area contributed by atoms with Gasteiger partial charge in [-0.25, -0.2) is 9.97 Å². The second kappa shape index (κ2) is 7.17. The maximum atomic E-state index is 4.87. The number of para-hydroxylation sites is 1. The summed E-state index contributed by atoms with van der Waals surface area (Å²) in [5, 5.41) is 11.5. The van der Waals surface area contributed by atoms with Crippen molar-refractivity contribution in [3.63, 3.8) is 0 Å². The van der Waals surface area contributed by atoms with Gasteiger partial charge in [-0.05, 0) is 24.6 Å². The Hall–Kier alpha value is -2.50. The molecule has 2 unspecified atom stereocenters. The van der Waals surface area contributed by atoms with E-state index in [1.807, 2.05) is 18.2 Å². The summed E-state index contributed by atoms with van der Waals surface area (Å²) in [4.78, 5) is 9.65. The Labute approximate surface area is 147 Å². The molecule has 0 radical (unpaired) electrons. The highest BCUT2D eigenvalue weighted by Gasteiger charge is 2.19. The predicted molar refractivity (Wildman–Crippen MR) is 102 cm³/mol. The number of hydrogen-bond acceptors (Lipinski definition) is 5. The lowest BCUT2D eigenvalue weighted by molar-refractivity contribution is 0.416. The smallest absolute Gasteiger partial charge is 0.149 e. The molecule has 3 aromatic rings. The van der Waals surface area contributed by atoms with Crippen LogP contribution in [0, 0.1) is 0 Å². The summed E-state index contributed by atoms with van der Waals surface area (Å²) in [5.41, 5.74) is 2.21. The molecule has 0 aliphatic carbocycles. The maximum Gasteiger partial charge on any atom is 0.149 e. The molecule has 3 N–H and O–H groups in total. The van der Waals surface area contributed by atoms with Gasteiger partial charge in [-0.15, -0.1) is 0 Å². The largest absolute Gasteiger partial charge is 0.363 e. The molecule has 0 amide bonds. The van der Waals surface area contributed by atoms with E-state index in [4.69, 9.17) is 9.97 Å². The highest BCUT2D eigenvalue weighted by Crippen LogP contribution is 2.26. The molecule has 128 valence electrons. The Morgan fingerprint density at radius 2 is 1.80 bits per heavy atom. The molecule has 4 rings (SSSR count). The maximum absolute atomic E-state index is 4.87. The number of benzene rings is 2. The van der Waals surface area contributed by atoms with Gasteiger partial charge in [0, 0.05) is 31.1 Å². The molecule has 1 aliphatic rings. The number of anilines is 1. The second-order valence-electron chi connectivity index (χ2n) is 6.44. The van der Waals surface area contributed by atoms with Crippen LogP contribution in [0.25, 0.3) is 10.9 Å². The van der Waals surface area contributed by atoms with Crippen molar-refractivity contribution in [2.75, 3.05) is 25.0 Å². The summed E-state index contributed by atoms with van der Waals surface area (Å²) >= 11 is 0. The average Bonchev–Trinajstić information content (AvgIpc) is 2.69.